The molecule has 0 saturated heterocycles. The van der Waals surface area contributed by atoms with E-state index in [0.717, 1.165) is 18.7 Å². The van der Waals surface area contributed by atoms with Gasteiger partial charge in [-0.05, 0) is 24.3 Å². The third-order valence-corrected chi connectivity index (χ3v) is 3.71. The Morgan fingerprint density at radius 1 is 1.22 bits per heavy atom. The van der Waals surface area contributed by atoms with Crippen LogP contribution in [-0.2, 0) is 0 Å². The van der Waals surface area contributed by atoms with E-state index < -0.39 is 0 Å². The van der Waals surface area contributed by atoms with Gasteiger partial charge in [0.25, 0.3) is 0 Å². The van der Waals surface area contributed by atoms with Crippen LogP contribution in [0.3, 0.4) is 0 Å². The minimum atomic E-state index is 0.343. The summed E-state index contributed by atoms with van der Waals surface area (Å²) in [7, 11) is 1.74. The number of rotatable bonds is 7. The molecule has 0 amide bonds. The fourth-order valence-electron chi connectivity index (χ4n) is 1.95. The number of para-hydroxylation sites is 1. The van der Waals surface area contributed by atoms with Gasteiger partial charge in [0.05, 0.1) is 7.11 Å². The van der Waals surface area contributed by atoms with E-state index >= 15 is 0 Å². The van der Waals surface area contributed by atoms with Crippen LogP contribution in [0.1, 0.15) is 52.1 Å². The van der Waals surface area contributed by atoms with Crippen LogP contribution in [0, 0.1) is 5.41 Å². The minimum Gasteiger partial charge on any atom is -0.496 e. The lowest BCUT2D eigenvalue weighted by molar-refractivity contribution is 0.303. The summed E-state index contributed by atoms with van der Waals surface area (Å²) in [5.41, 5.74) is 1.60. The van der Waals surface area contributed by atoms with Crippen molar-refractivity contribution in [3.63, 3.8) is 0 Å². The normalized spacial score (nSPS) is 13.4. The maximum absolute atomic E-state index is 5.45. The van der Waals surface area contributed by atoms with Crippen molar-refractivity contribution in [2.24, 2.45) is 5.41 Å². The Bertz CT molecular complexity index is 360. The van der Waals surface area contributed by atoms with Gasteiger partial charge in [-0.25, -0.2) is 0 Å². The van der Waals surface area contributed by atoms with E-state index in [-0.39, 0.29) is 0 Å². The van der Waals surface area contributed by atoms with E-state index in [4.69, 9.17) is 4.74 Å². The highest BCUT2D eigenvalue weighted by atomic mass is 16.5. The van der Waals surface area contributed by atoms with Crippen molar-refractivity contribution in [2.45, 2.75) is 46.6 Å². The van der Waals surface area contributed by atoms with Crippen LogP contribution in [0.25, 0.3) is 0 Å². The van der Waals surface area contributed by atoms with Gasteiger partial charge < -0.3 is 10.1 Å². The molecule has 0 aromatic heterocycles. The average Bonchev–Trinajstić information content (AvgIpc) is 2.40. The Labute approximate surface area is 112 Å². The summed E-state index contributed by atoms with van der Waals surface area (Å²) in [6.07, 6.45) is 2.25. The molecule has 18 heavy (non-hydrogen) atoms. The molecule has 1 atom stereocenters. The van der Waals surface area contributed by atoms with E-state index in [1.165, 1.54) is 12.0 Å². The average molecular weight is 249 g/mol. The highest BCUT2D eigenvalue weighted by molar-refractivity contribution is 5.35. The molecular weight excluding hydrogens is 222 g/mol. The second-order valence-electron chi connectivity index (χ2n) is 5.60. The van der Waals surface area contributed by atoms with Crippen molar-refractivity contribution < 1.29 is 4.74 Å². The van der Waals surface area contributed by atoms with Gasteiger partial charge in [0.2, 0.25) is 0 Å². The highest BCUT2D eigenvalue weighted by Gasteiger charge is 2.19. The largest absolute Gasteiger partial charge is 0.496 e. The molecule has 0 fully saturated rings. The first-order chi connectivity index (χ1) is 8.54. The van der Waals surface area contributed by atoms with E-state index in [2.05, 4.69) is 45.1 Å². The van der Waals surface area contributed by atoms with Gasteiger partial charge in [-0.15, -0.1) is 0 Å². The van der Waals surface area contributed by atoms with Crippen LogP contribution in [-0.4, -0.2) is 13.7 Å². The summed E-state index contributed by atoms with van der Waals surface area (Å²) >= 11 is 0. The molecule has 0 aliphatic rings. The molecule has 0 spiro atoms. The molecule has 0 aliphatic heterocycles. The van der Waals surface area contributed by atoms with Crippen LogP contribution in [0.2, 0.25) is 0 Å². The summed E-state index contributed by atoms with van der Waals surface area (Å²) in [5, 5.41) is 3.67. The standard InChI is InChI=1S/C16H27NO/c1-6-14(17-12-16(3,4)7-2)13-10-8-9-11-15(13)18-5/h8-11,14,17H,6-7,12H2,1-5H3. The molecular formula is C16H27NO. The number of ether oxygens (including phenoxy) is 1. The zero-order valence-electron chi connectivity index (χ0n) is 12.4. The molecule has 0 heterocycles. The van der Waals surface area contributed by atoms with Gasteiger partial charge in [0.15, 0.2) is 0 Å². The molecule has 102 valence electrons. The summed E-state index contributed by atoms with van der Waals surface area (Å²) < 4.78 is 5.45. The van der Waals surface area contributed by atoms with E-state index in [0.29, 0.717) is 11.5 Å². The van der Waals surface area contributed by atoms with Crippen LogP contribution in [0.5, 0.6) is 5.75 Å². The quantitative estimate of drug-likeness (QED) is 0.783. The molecule has 0 saturated carbocycles. The second kappa shape index (κ2) is 6.79. The summed E-state index contributed by atoms with van der Waals surface area (Å²) in [6, 6.07) is 8.65. The number of hydrogen-bond donors (Lipinski definition) is 1. The number of hydrogen-bond acceptors (Lipinski definition) is 2. The van der Waals surface area contributed by atoms with E-state index in [9.17, 15) is 0 Å². The Hall–Kier alpha value is -1.02. The van der Waals surface area contributed by atoms with Crippen molar-refractivity contribution >= 4 is 0 Å². The maximum Gasteiger partial charge on any atom is 0.123 e. The first kappa shape index (κ1) is 15.0. The molecule has 1 unspecified atom stereocenters. The maximum atomic E-state index is 5.45. The van der Waals surface area contributed by atoms with Gasteiger partial charge in [-0.1, -0.05) is 45.9 Å². The molecule has 0 bridgehead atoms. The Morgan fingerprint density at radius 3 is 2.44 bits per heavy atom. The SMILES string of the molecule is CCC(NCC(C)(C)CC)c1ccccc1OC. The smallest absolute Gasteiger partial charge is 0.123 e. The van der Waals surface area contributed by atoms with Crippen molar-refractivity contribution in [3.05, 3.63) is 29.8 Å². The van der Waals surface area contributed by atoms with Gasteiger partial charge >= 0.3 is 0 Å². The van der Waals surface area contributed by atoms with Crippen molar-refractivity contribution in [1.82, 2.24) is 5.32 Å². The molecule has 1 aromatic carbocycles. The first-order valence-electron chi connectivity index (χ1n) is 6.90. The van der Waals surface area contributed by atoms with Crippen LogP contribution in [0.4, 0.5) is 0 Å². The van der Waals surface area contributed by atoms with E-state index in [1.54, 1.807) is 7.11 Å². The number of nitrogens with one attached hydrogen (secondary N) is 1. The summed E-state index contributed by atoms with van der Waals surface area (Å²) in [5.74, 6) is 0.978. The topological polar surface area (TPSA) is 21.3 Å². The van der Waals surface area contributed by atoms with E-state index in [1.807, 2.05) is 12.1 Å². The van der Waals surface area contributed by atoms with Crippen LogP contribution >= 0.6 is 0 Å². The monoisotopic (exact) mass is 249 g/mol. The Kier molecular flexibility index (Phi) is 5.67. The summed E-state index contributed by atoms with van der Waals surface area (Å²) in [4.78, 5) is 0. The fourth-order valence-corrected chi connectivity index (χ4v) is 1.95. The van der Waals surface area contributed by atoms with Crippen molar-refractivity contribution in [1.29, 1.82) is 0 Å². The molecule has 1 aromatic rings. The molecule has 0 radical (unpaired) electrons. The third kappa shape index (κ3) is 4.02. The molecule has 0 aliphatic carbocycles. The lowest BCUT2D eigenvalue weighted by Gasteiger charge is -2.27. The number of benzene rings is 1. The van der Waals surface area contributed by atoms with Crippen molar-refractivity contribution in [2.75, 3.05) is 13.7 Å². The third-order valence-electron chi connectivity index (χ3n) is 3.71. The number of methoxy groups -OCH3 is 1. The molecule has 1 rings (SSSR count). The van der Waals surface area contributed by atoms with Crippen LogP contribution in [0.15, 0.2) is 24.3 Å². The lowest BCUT2D eigenvalue weighted by Crippen LogP contribution is -2.32. The summed E-state index contributed by atoms with van der Waals surface area (Å²) in [6.45, 7) is 10.1. The van der Waals surface area contributed by atoms with Gasteiger partial charge in [-0.3, -0.25) is 0 Å². The van der Waals surface area contributed by atoms with Gasteiger partial charge in [0.1, 0.15) is 5.75 Å². The minimum absolute atomic E-state index is 0.343. The van der Waals surface area contributed by atoms with Crippen molar-refractivity contribution in [3.8, 4) is 5.75 Å². The molecule has 1 N–H and O–H groups in total. The zero-order valence-corrected chi connectivity index (χ0v) is 12.4. The van der Waals surface area contributed by atoms with Gasteiger partial charge in [-0.2, -0.15) is 0 Å². The highest BCUT2D eigenvalue weighted by Crippen LogP contribution is 2.28. The molecule has 2 heteroatoms. The van der Waals surface area contributed by atoms with Gasteiger partial charge in [0, 0.05) is 18.2 Å². The predicted molar refractivity (Wildman–Crippen MR) is 78.1 cm³/mol. The molecule has 2 nitrogen and oxygen atoms in total. The zero-order chi connectivity index (χ0) is 13.6. The Balaban J connectivity index is 2.77. The van der Waals surface area contributed by atoms with Crippen LogP contribution < -0.4 is 10.1 Å². The second-order valence-corrected chi connectivity index (χ2v) is 5.60. The lowest BCUT2D eigenvalue weighted by atomic mass is 9.89. The first-order valence-corrected chi connectivity index (χ1v) is 6.90. The predicted octanol–water partition coefficient (Wildman–Crippen LogP) is 4.17. The Morgan fingerprint density at radius 2 is 1.89 bits per heavy atom. The fraction of sp³-hybridized carbons (Fsp3) is 0.625.